The van der Waals surface area contributed by atoms with Crippen LogP contribution in [0.3, 0.4) is 0 Å². The van der Waals surface area contributed by atoms with Gasteiger partial charge >= 0.3 is 0 Å². The maximum atomic E-state index is 13.8. The molecule has 0 bridgehead atoms. The summed E-state index contributed by atoms with van der Waals surface area (Å²) in [6, 6.07) is 26.6. The SMILES string of the molecule is CN(Cc1ccccc1)C(=O)c1ccc(C(=O)N2C[C@H](OC(C)(C)C)C[C@@H]2c2nc(CCCc3ccccc3)no2)cc1. The molecule has 0 N–H and O–H groups in total. The lowest BCUT2D eigenvalue weighted by Gasteiger charge is -2.25. The summed E-state index contributed by atoms with van der Waals surface area (Å²) in [5, 5.41) is 4.23. The first kappa shape index (κ1) is 30.2. The molecule has 8 nitrogen and oxygen atoms in total. The van der Waals surface area contributed by atoms with Crippen molar-refractivity contribution in [1.29, 1.82) is 0 Å². The second-order valence-electron chi connectivity index (χ2n) is 12.2. The molecule has 0 aliphatic carbocycles. The normalized spacial score (nSPS) is 16.8. The number of carbonyl (C=O) groups is 2. The summed E-state index contributed by atoms with van der Waals surface area (Å²) < 4.78 is 12.0. The van der Waals surface area contributed by atoms with E-state index in [1.807, 2.05) is 69.3 Å². The van der Waals surface area contributed by atoms with E-state index in [0.29, 0.717) is 48.8 Å². The fourth-order valence-electron chi connectivity index (χ4n) is 5.51. The molecule has 4 aromatic rings. The zero-order valence-electron chi connectivity index (χ0n) is 25.4. The minimum Gasteiger partial charge on any atom is -0.371 e. The first-order valence-corrected chi connectivity index (χ1v) is 14.9. The van der Waals surface area contributed by atoms with E-state index in [9.17, 15) is 9.59 Å². The number of hydrogen-bond acceptors (Lipinski definition) is 6. The lowest BCUT2D eigenvalue weighted by molar-refractivity contribution is -0.0535. The quantitative estimate of drug-likeness (QED) is 0.219. The third kappa shape index (κ3) is 7.96. The number of rotatable bonds is 10. The highest BCUT2D eigenvalue weighted by Gasteiger charge is 2.41. The molecule has 224 valence electrons. The Kier molecular flexibility index (Phi) is 9.36. The summed E-state index contributed by atoms with van der Waals surface area (Å²) in [6.45, 7) is 6.94. The number of nitrogens with zero attached hydrogens (tertiary/aromatic N) is 4. The number of amides is 2. The van der Waals surface area contributed by atoms with Gasteiger partial charge in [0.2, 0.25) is 5.89 Å². The van der Waals surface area contributed by atoms with Crippen LogP contribution in [-0.4, -0.2) is 57.1 Å². The van der Waals surface area contributed by atoms with Gasteiger partial charge in [-0.25, -0.2) is 0 Å². The van der Waals surface area contributed by atoms with E-state index in [2.05, 4.69) is 17.3 Å². The molecule has 0 radical (unpaired) electrons. The van der Waals surface area contributed by atoms with Crippen LogP contribution >= 0.6 is 0 Å². The summed E-state index contributed by atoms with van der Waals surface area (Å²) in [7, 11) is 1.78. The van der Waals surface area contributed by atoms with Crippen molar-refractivity contribution in [2.75, 3.05) is 13.6 Å². The third-order valence-electron chi connectivity index (χ3n) is 7.51. The smallest absolute Gasteiger partial charge is 0.254 e. The largest absolute Gasteiger partial charge is 0.371 e. The average molecular weight is 581 g/mol. The predicted molar refractivity (Wildman–Crippen MR) is 164 cm³/mol. The van der Waals surface area contributed by atoms with E-state index in [1.54, 1.807) is 41.1 Å². The van der Waals surface area contributed by atoms with Crippen molar-refractivity contribution in [1.82, 2.24) is 19.9 Å². The van der Waals surface area contributed by atoms with Crippen LogP contribution in [0, 0.1) is 0 Å². The molecule has 1 saturated heterocycles. The van der Waals surface area contributed by atoms with Crippen molar-refractivity contribution >= 4 is 11.8 Å². The average Bonchev–Trinajstić information content (AvgIpc) is 3.64. The number of aryl methyl sites for hydroxylation is 2. The Bertz CT molecular complexity index is 1500. The van der Waals surface area contributed by atoms with Crippen LogP contribution in [0.15, 0.2) is 89.5 Å². The second kappa shape index (κ2) is 13.3. The highest BCUT2D eigenvalue weighted by Crippen LogP contribution is 2.35. The molecule has 1 fully saturated rings. The summed E-state index contributed by atoms with van der Waals surface area (Å²) in [5.74, 6) is 0.801. The Morgan fingerprint density at radius 3 is 2.19 bits per heavy atom. The summed E-state index contributed by atoms with van der Waals surface area (Å²) >= 11 is 0. The zero-order valence-corrected chi connectivity index (χ0v) is 25.4. The highest BCUT2D eigenvalue weighted by atomic mass is 16.5. The van der Waals surface area contributed by atoms with Gasteiger partial charge in [-0.15, -0.1) is 0 Å². The topological polar surface area (TPSA) is 88.8 Å². The first-order chi connectivity index (χ1) is 20.7. The van der Waals surface area contributed by atoms with Crippen LogP contribution in [0.1, 0.15) is 83.2 Å². The van der Waals surface area contributed by atoms with Gasteiger partial charge in [0.05, 0.1) is 11.7 Å². The lowest BCUT2D eigenvalue weighted by Crippen LogP contribution is -2.34. The Balaban J connectivity index is 1.27. The van der Waals surface area contributed by atoms with Crippen LogP contribution in [0.25, 0.3) is 0 Å². The van der Waals surface area contributed by atoms with E-state index < -0.39 is 6.04 Å². The molecule has 2 heterocycles. The van der Waals surface area contributed by atoms with E-state index in [1.165, 1.54) is 5.56 Å². The number of hydrogen-bond donors (Lipinski definition) is 0. The fraction of sp³-hybridized carbons (Fsp3) is 0.371. The maximum Gasteiger partial charge on any atom is 0.254 e. The van der Waals surface area contributed by atoms with Crippen LogP contribution in [0.2, 0.25) is 0 Å². The predicted octanol–water partition coefficient (Wildman–Crippen LogP) is 6.29. The Morgan fingerprint density at radius 2 is 1.53 bits per heavy atom. The molecular weight excluding hydrogens is 540 g/mol. The number of benzene rings is 3. The minimum atomic E-state index is -0.395. The zero-order chi connectivity index (χ0) is 30.4. The molecule has 0 unspecified atom stereocenters. The number of likely N-dealkylation sites (tertiary alicyclic amines) is 1. The first-order valence-electron chi connectivity index (χ1n) is 14.9. The van der Waals surface area contributed by atoms with Gasteiger partial charge in [-0.1, -0.05) is 65.8 Å². The van der Waals surface area contributed by atoms with E-state index in [0.717, 1.165) is 18.4 Å². The molecule has 3 aromatic carbocycles. The molecule has 2 atom stereocenters. The van der Waals surface area contributed by atoms with Crippen LogP contribution in [-0.2, 0) is 24.1 Å². The Labute approximate surface area is 253 Å². The number of carbonyl (C=O) groups excluding carboxylic acids is 2. The van der Waals surface area contributed by atoms with Gasteiger partial charge < -0.3 is 19.1 Å². The number of aromatic nitrogens is 2. The van der Waals surface area contributed by atoms with Gasteiger partial charge in [-0.2, -0.15) is 4.98 Å². The van der Waals surface area contributed by atoms with Crippen molar-refractivity contribution in [3.05, 3.63) is 119 Å². The standard InChI is InChI=1S/C35H40N4O4/c1-35(2,3)42-29-22-30(32-36-31(37-43-32)17-11-16-25-12-7-5-8-13-25)39(24-29)34(41)28-20-18-27(19-21-28)33(40)38(4)23-26-14-9-6-10-15-26/h5-10,12-15,18-21,29-30H,11,16-17,22-24H2,1-4H3/t29-,30-/m1/s1. The van der Waals surface area contributed by atoms with Crippen molar-refractivity contribution in [3.63, 3.8) is 0 Å². The molecule has 1 aromatic heterocycles. The Hall–Kier alpha value is -4.30. The molecule has 0 spiro atoms. The third-order valence-corrected chi connectivity index (χ3v) is 7.51. The minimum absolute atomic E-state index is 0.105. The summed E-state index contributed by atoms with van der Waals surface area (Å²) in [6.07, 6.45) is 2.92. The fourth-order valence-corrected chi connectivity index (χ4v) is 5.51. The molecular formula is C35H40N4O4. The van der Waals surface area contributed by atoms with Crippen LogP contribution in [0.4, 0.5) is 0 Å². The van der Waals surface area contributed by atoms with Crippen LogP contribution in [0.5, 0.6) is 0 Å². The molecule has 1 aliphatic heterocycles. The van der Waals surface area contributed by atoms with E-state index in [4.69, 9.17) is 14.2 Å². The van der Waals surface area contributed by atoms with Gasteiger partial charge in [-0.05, 0) is 69.0 Å². The van der Waals surface area contributed by atoms with Gasteiger partial charge in [0, 0.05) is 44.1 Å². The summed E-state index contributed by atoms with van der Waals surface area (Å²) in [5.41, 5.74) is 2.99. The lowest BCUT2D eigenvalue weighted by atomic mass is 10.1. The van der Waals surface area contributed by atoms with Gasteiger partial charge in [0.1, 0.15) is 6.04 Å². The van der Waals surface area contributed by atoms with E-state index >= 15 is 0 Å². The van der Waals surface area contributed by atoms with Crippen molar-refractivity contribution in [2.45, 2.75) is 70.7 Å². The van der Waals surface area contributed by atoms with Gasteiger partial charge in [-0.3, -0.25) is 9.59 Å². The van der Waals surface area contributed by atoms with Gasteiger partial charge in [0.25, 0.3) is 11.8 Å². The maximum absolute atomic E-state index is 13.8. The van der Waals surface area contributed by atoms with Gasteiger partial charge in [0.15, 0.2) is 5.82 Å². The van der Waals surface area contributed by atoms with Crippen molar-refractivity contribution in [3.8, 4) is 0 Å². The number of ether oxygens (including phenoxy) is 1. The summed E-state index contributed by atoms with van der Waals surface area (Å²) in [4.78, 5) is 35.0. The van der Waals surface area contributed by atoms with E-state index in [-0.39, 0.29) is 23.5 Å². The second-order valence-corrected chi connectivity index (χ2v) is 12.2. The molecule has 1 aliphatic rings. The van der Waals surface area contributed by atoms with Crippen LogP contribution < -0.4 is 0 Å². The van der Waals surface area contributed by atoms with Crippen molar-refractivity contribution < 1.29 is 18.8 Å². The highest BCUT2D eigenvalue weighted by molar-refractivity contribution is 5.98. The molecule has 8 heteroatoms. The molecule has 43 heavy (non-hydrogen) atoms. The molecule has 2 amide bonds. The monoisotopic (exact) mass is 580 g/mol. The Morgan fingerprint density at radius 1 is 0.907 bits per heavy atom. The molecule has 0 saturated carbocycles. The molecule has 5 rings (SSSR count). The van der Waals surface area contributed by atoms with Crippen molar-refractivity contribution in [2.24, 2.45) is 0 Å².